The van der Waals surface area contributed by atoms with Crippen LogP contribution in [-0.2, 0) is 27.2 Å². The maximum Gasteiger partial charge on any atom is 0.251 e. The summed E-state index contributed by atoms with van der Waals surface area (Å²) >= 11 is 0. The Morgan fingerprint density at radius 3 is 2.08 bits per heavy atom. The molecule has 0 unspecified atom stereocenters. The summed E-state index contributed by atoms with van der Waals surface area (Å²) in [6.07, 6.45) is 5.14. The normalized spacial score (nSPS) is 17.0. The summed E-state index contributed by atoms with van der Waals surface area (Å²) in [7, 11) is 1.45. The van der Waals surface area contributed by atoms with Gasteiger partial charge in [0.15, 0.2) is 0 Å². The first-order valence-electron chi connectivity index (χ1n) is 20.5. The van der Waals surface area contributed by atoms with Gasteiger partial charge in [-0.2, -0.15) is 0 Å². The Hall–Kier alpha value is -6.09. The van der Waals surface area contributed by atoms with Crippen LogP contribution < -0.4 is 42.6 Å². The Bertz CT molecular complexity index is 2110. The van der Waals surface area contributed by atoms with E-state index in [2.05, 4.69) is 47.1 Å². The lowest BCUT2D eigenvalue weighted by Gasteiger charge is -2.32. The van der Waals surface area contributed by atoms with Crippen molar-refractivity contribution < 1.29 is 28.7 Å². The number of amides is 4. The monoisotopic (exact) mass is 818 g/mol. The number of ether oxygens (including phenoxy) is 2. The fourth-order valence-corrected chi connectivity index (χ4v) is 7.18. The standard InChI is InChI=1S/C46H58N8O6/c1-4-5-6-30-7-10-32(11-8-30)33-12-14-34(15-13-33)44(56)53-39(28-50)46(58)54(3)42-35-16-18-41(60-24-22-49)38(27-35)37-26-31(9-17-40(37)59-23-21-48)25-36(19-20-47)52-43(55)29(2)51-45(42)57/h7-18,20,26-27,29,36,39,42,47H,4-6,19,21-25,28,48-50H2,1-3H3,(H,51,57)(H,52,55)(H,53,56)/t29-,36+,39-,42-/m0/s1. The number of carbonyl (C=O) groups is 4. The second kappa shape index (κ2) is 21.8. The summed E-state index contributed by atoms with van der Waals surface area (Å²) in [4.78, 5) is 57.0. The molecular weight excluding hydrogens is 761 g/mol. The molecule has 4 bridgehead atoms. The van der Waals surface area contributed by atoms with Crippen molar-refractivity contribution in [1.82, 2.24) is 20.9 Å². The largest absolute Gasteiger partial charge is 0.492 e. The van der Waals surface area contributed by atoms with Crippen molar-refractivity contribution in [3.05, 3.63) is 107 Å². The van der Waals surface area contributed by atoms with E-state index in [0.29, 0.717) is 40.2 Å². The van der Waals surface area contributed by atoms with Crippen LogP contribution in [-0.4, -0.2) is 92.8 Å². The molecule has 14 nitrogen and oxygen atoms in total. The molecule has 0 saturated carbocycles. The molecular formula is C46H58N8O6. The van der Waals surface area contributed by atoms with E-state index in [1.807, 2.05) is 30.3 Å². The zero-order valence-electron chi connectivity index (χ0n) is 34.7. The third kappa shape index (κ3) is 11.3. The van der Waals surface area contributed by atoms with E-state index in [9.17, 15) is 19.2 Å². The topological polar surface area (TPSA) is 228 Å². The van der Waals surface area contributed by atoms with E-state index in [1.54, 1.807) is 37.3 Å². The van der Waals surface area contributed by atoms with Crippen molar-refractivity contribution in [2.24, 2.45) is 17.2 Å². The van der Waals surface area contributed by atoms with Crippen LogP contribution in [0.4, 0.5) is 0 Å². The van der Waals surface area contributed by atoms with E-state index < -0.39 is 47.8 Å². The molecule has 0 spiro atoms. The minimum atomic E-state index is -1.30. The van der Waals surface area contributed by atoms with Crippen LogP contribution in [0.1, 0.15) is 66.2 Å². The van der Waals surface area contributed by atoms with Gasteiger partial charge in [0.1, 0.15) is 42.8 Å². The van der Waals surface area contributed by atoms with Crippen LogP contribution in [0.5, 0.6) is 11.5 Å². The summed E-state index contributed by atoms with van der Waals surface area (Å²) in [6.45, 7) is 4.38. The van der Waals surface area contributed by atoms with Crippen LogP contribution in [0.25, 0.3) is 22.3 Å². The number of aryl methyl sites for hydroxylation is 1. The van der Waals surface area contributed by atoms with Gasteiger partial charge >= 0.3 is 0 Å². The lowest BCUT2D eigenvalue weighted by atomic mass is 9.93. The molecule has 4 atom stereocenters. The van der Waals surface area contributed by atoms with Gasteiger partial charge in [0.2, 0.25) is 17.7 Å². The SMILES string of the molecule is CCCCc1ccc(-c2ccc(C(=O)N[C@@H](CN)C(=O)N(C)[C@@H]3C(=O)N[C@@H](C)C(=O)N[C@H](CC=N)Cc4ccc(OCCN)c(c4)-c4cc3ccc4OCCN)cc2)cc1. The predicted octanol–water partition coefficient (Wildman–Crippen LogP) is 3.88. The molecule has 0 saturated heterocycles. The molecule has 0 fully saturated rings. The number of hydrogen-bond acceptors (Lipinski definition) is 10. The average molecular weight is 819 g/mol. The molecule has 0 aromatic heterocycles. The van der Waals surface area contributed by atoms with Crippen molar-refractivity contribution in [2.45, 2.75) is 70.1 Å². The number of nitrogens with one attached hydrogen (secondary N) is 4. The predicted molar refractivity (Wildman–Crippen MR) is 234 cm³/mol. The second-order valence-electron chi connectivity index (χ2n) is 14.9. The van der Waals surface area contributed by atoms with Gasteiger partial charge in [0, 0.05) is 55.8 Å². The molecule has 5 rings (SSSR count). The van der Waals surface area contributed by atoms with Crippen molar-refractivity contribution in [1.29, 1.82) is 5.41 Å². The van der Waals surface area contributed by atoms with E-state index in [1.165, 1.54) is 23.7 Å². The summed E-state index contributed by atoms with van der Waals surface area (Å²) in [5, 5.41) is 16.3. The maximum atomic E-state index is 14.4. The minimum Gasteiger partial charge on any atom is -0.492 e. The summed E-state index contributed by atoms with van der Waals surface area (Å²) in [5.41, 5.74) is 23.8. The van der Waals surface area contributed by atoms with Gasteiger partial charge in [-0.25, -0.2) is 0 Å². The van der Waals surface area contributed by atoms with Gasteiger partial charge in [-0.3, -0.25) is 19.2 Å². The van der Waals surface area contributed by atoms with Crippen molar-refractivity contribution in [3.63, 3.8) is 0 Å². The van der Waals surface area contributed by atoms with E-state index in [-0.39, 0.29) is 39.3 Å². The highest BCUT2D eigenvalue weighted by molar-refractivity contribution is 5.99. The number of unbranched alkanes of at least 4 members (excludes halogenated alkanes) is 1. The molecule has 1 heterocycles. The first-order valence-corrected chi connectivity index (χ1v) is 20.5. The molecule has 4 amide bonds. The van der Waals surface area contributed by atoms with Gasteiger partial charge in [0.05, 0.1) is 0 Å². The van der Waals surface area contributed by atoms with Crippen LogP contribution in [0.15, 0.2) is 84.9 Å². The molecule has 14 heteroatoms. The molecule has 318 valence electrons. The molecule has 0 radical (unpaired) electrons. The fraction of sp³-hybridized carbons (Fsp3) is 0.370. The lowest BCUT2D eigenvalue weighted by molar-refractivity contribution is -0.141. The third-order valence-electron chi connectivity index (χ3n) is 10.5. The number of carbonyl (C=O) groups excluding carboxylic acids is 4. The van der Waals surface area contributed by atoms with Crippen molar-refractivity contribution >= 4 is 29.8 Å². The molecule has 60 heavy (non-hydrogen) atoms. The summed E-state index contributed by atoms with van der Waals surface area (Å²) in [6, 6.07) is 22.2. The number of nitrogens with zero attached hydrogens (tertiary/aromatic N) is 1. The first-order chi connectivity index (χ1) is 29.0. The van der Waals surface area contributed by atoms with Gasteiger partial charge in [-0.1, -0.05) is 61.9 Å². The van der Waals surface area contributed by atoms with Crippen LogP contribution >= 0.6 is 0 Å². The summed E-state index contributed by atoms with van der Waals surface area (Å²) in [5.74, 6) is -1.30. The molecule has 10 N–H and O–H groups in total. The second-order valence-corrected chi connectivity index (χ2v) is 14.9. The van der Waals surface area contributed by atoms with Crippen LogP contribution in [0, 0.1) is 5.41 Å². The Morgan fingerprint density at radius 2 is 1.48 bits per heavy atom. The highest BCUT2D eigenvalue weighted by Gasteiger charge is 2.35. The van der Waals surface area contributed by atoms with Crippen molar-refractivity contribution in [2.75, 3.05) is 39.9 Å². The number of hydrogen-bond donors (Lipinski definition) is 7. The van der Waals surface area contributed by atoms with E-state index in [0.717, 1.165) is 36.0 Å². The van der Waals surface area contributed by atoms with Gasteiger partial charge < -0.3 is 52.9 Å². The smallest absolute Gasteiger partial charge is 0.251 e. The number of benzene rings is 4. The maximum absolute atomic E-state index is 14.4. The number of rotatable bonds is 17. The average Bonchev–Trinajstić information content (AvgIpc) is 3.26. The summed E-state index contributed by atoms with van der Waals surface area (Å²) < 4.78 is 12.2. The Labute approximate surface area is 352 Å². The zero-order chi connectivity index (χ0) is 43.2. The third-order valence-corrected chi connectivity index (χ3v) is 10.5. The minimum absolute atomic E-state index is 0.200. The number of nitrogens with two attached hydrogens (primary N) is 3. The van der Waals surface area contributed by atoms with Gasteiger partial charge in [-0.05, 0) is 96.6 Å². The quantitative estimate of drug-likeness (QED) is 0.0767. The van der Waals surface area contributed by atoms with E-state index >= 15 is 0 Å². The first kappa shape index (κ1) is 45.0. The number of fused-ring (bicyclic) bond motifs is 5. The molecule has 4 aromatic carbocycles. The Morgan fingerprint density at radius 1 is 0.867 bits per heavy atom. The van der Waals surface area contributed by atoms with Crippen LogP contribution in [0.2, 0.25) is 0 Å². The fourth-order valence-electron chi connectivity index (χ4n) is 7.18. The molecule has 4 aromatic rings. The molecule has 1 aliphatic heterocycles. The highest BCUT2D eigenvalue weighted by Crippen LogP contribution is 2.40. The lowest BCUT2D eigenvalue weighted by Crippen LogP contribution is -2.55. The van der Waals surface area contributed by atoms with Gasteiger partial charge in [-0.15, -0.1) is 0 Å². The Balaban J connectivity index is 1.49. The van der Waals surface area contributed by atoms with E-state index in [4.69, 9.17) is 32.1 Å². The highest BCUT2D eigenvalue weighted by atomic mass is 16.5. The van der Waals surface area contributed by atoms with Crippen LogP contribution in [0.3, 0.4) is 0 Å². The number of likely N-dealkylation sites (N-methyl/N-ethyl adjacent to an activating group) is 1. The zero-order valence-corrected chi connectivity index (χ0v) is 34.7. The van der Waals surface area contributed by atoms with Gasteiger partial charge in [0.25, 0.3) is 5.91 Å². The molecule has 1 aliphatic rings. The van der Waals surface area contributed by atoms with Crippen molar-refractivity contribution in [3.8, 4) is 33.8 Å². The Kier molecular flexibility index (Phi) is 16.3. The molecule has 0 aliphatic carbocycles.